The molecule has 7 heteroatoms. The number of hydrogen-bond donors (Lipinski definition) is 2. The van der Waals surface area contributed by atoms with Gasteiger partial charge in [0.25, 0.3) is 0 Å². The lowest BCUT2D eigenvalue weighted by molar-refractivity contribution is -0.141. The molecular formula is C28H39N3O4. The van der Waals surface area contributed by atoms with Gasteiger partial charge in [-0.25, -0.2) is 4.79 Å². The Kier molecular flexibility index (Phi) is 9.46. The minimum absolute atomic E-state index is 0.219. The van der Waals surface area contributed by atoms with Crippen molar-refractivity contribution in [3.05, 3.63) is 70.8 Å². The van der Waals surface area contributed by atoms with Gasteiger partial charge in [-0.2, -0.15) is 0 Å². The zero-order valence-corrected chi connectivity index (χ0v) is 22.1. The Hall–Kier alpha value is -3.35. The van der Waals surface area contributed by atoms with Crippen LogP contribution < -0.4 is 10.6 Å². The molecule has 2 unspecified atom stereocenters. The van der Waals surface area contributed by atoms with Crippen LogP contribution in [0.5, 0.6) is 0 Å². The van der Waals surface area contributed by atoms with E-state index >= 15 is 0 Å². The van der Waals surface area contributed by atoms with Gasteiger partial charge in [0, 0.05) is 13.6 Å². The maximum absolute atomic E-state index is 13.7. The van der Waals surface area contributed by atoms with Crippen LogP contribution in [-0.2, 0) is 20.9 Å². The average Bonchev–Trinajstić information content (AvgIpc) is 2.77. The molecule has 0 aromatic heterocycles. The van der Waals surface area contributed by atoms with Crippen molar-refractivity contribution in [1.82, 2.24) is 15.5 Å². The molecule has 190 valence electrons. The fraction of sp³-hybridized carbons (Fsp3) is 0.464. The molecule has 35 heavy (non-hydrogen) atoms. The fourth-order valence-electron chi connectivity index (χ4n) is 3.94. The van der Waals surface area contributed by atoms with E-state index in [0.717, 1.165) is 22.3 Å². The number of nitrogens with one attached hydrogen (secondary N) is 2. The maximum atomic E-state index is 13.7. The molecule has 2 aromatic rings. The topological polar surface area (TPSA) is 87.7 Å². The summed E-state index contributed by atoms with van der Waals surface area (Å²) in [6, 6.07) is 13.7. The summed E-state index contributed by atoms with van der Waals surface area (Å²) in [6.45, 7) is 13.2. The van der Waals surface area contributed by atoms with Gasteiger partial charge in [-0.1, -0.05) is 62.4 Å². The first kappa shape index (κ1) is 27.9. The van der Waals surface area contributed by atoms with Crippen molar-refractivity contribution in [1.29, 1.82) is 0 Å². The van der Waals surface area contributed by atoms with Crippen molar-refractivity contribution in [2.75, 3.05) is 7.05 Å². The van der Waals surface area contributed by atoms with Crippen molar-refractivity contribution in [3.63, 3.8) is 0 Å². The van der Waals surface area contributed by atoms with E-state index in [1.807, 2.05) is 76.2 Å². The molecule has 7 nitrogen and oxygen atoms in total. The highest BCUT2D eigenvalue weighted by Gasteiger charge is 2.36. The summed E-state index contributed by atoms with van der Waals surface area (Å²) in [4.78, 5) is 41.1. The number of carbonyl (C=O) groups is 3. The van der Waals surface area contributed by atoms with Gasteiger partial charge in [0.1, 0.15) is 17.7 Å². The van der Waals surface area contributed by atoms with E-state index in [4.69, 9.17) is 4.74 Å². The molecule has 0 aliphatic rings. The predicted octanol–water partition coefficient (Wildman–Crippen LogP) is 4.67. The molecule has 0 spiro atoms. The number of rotatable bonds is 8. The van der Waals surface area contributed by atoms with E-state index in [9.17, 15) is 14.4 Å². The average molecular weight is 482 g/mol. The molecule has 0 radical (unpaired) electrons. The molecule has 0 heterocycles. The van der Waals surface area contributed by atoms with Gasteiger partial charge in [0.05, 0.1) is 0 Å². The third-order valence-corrected chi connectivity index (χ3v) is 5.71. The first-order valence-corrected chi connectivity index (χ1v) is 12.0. The maximum Gasteiger partial charge on any atom is 0.408 e. The minimum atomic E-state index is -0.867. The summed E-state index contributed by atoms with van der Waals surface area (Å²) < 4.78 is 5.37. The van der Waals surface area contributed by atoms with E-state index in [1.54, 1.807) is 27.8 Å². The minimum Gasteiger partial charge on any atom is -0.444 e. The molecule has 0 fully saturated rings. The smallest absolute Gasteiger partial charge is 0.408 e. The number of benzene rings is 2. The van der Waals surface area contributed by atoms with Gasteiger partial charge in [-0.05, 0) is 62.8 Å². The number of alkyl carbamates (subject to hydrolysis) is 1. The lowest BCUT2D eigenvalue weighted by atomic mass is 9.93. The second kappa shape index (κ2) is 11.9. The van der Waals surface area contributed by atoms with Crippen LogP contribution in [0.15, 0.2) is 48.5 Å². The lowest BCUT2D eigenvalue weighted by Crippen LogP contribution is -2.53. The zero-order chi connectivity index (χ0) is 26.3. The molecular weight excluding hydrogens is 442 g/mol. The van der Waals surface area contributed by atoms with Gasteiger partial charge < -0.3 is 20.3 Å². The highest BCUT2D eigenvalue weighted by atomic mass is 16.6. The number of nitrogens with zero attached hydrogens (tertiary/aromatic N) is 1. The SMILES string of the molecule is Cc1cccc(C)c1C(C(=O)NCc1ccccc1)N(C)C(=O)C(NC(=O)OC(C)(C)C)C(C)C. The summed E-state index contributed by atoms with van der Waals surface area (Å²) in [5.41, 5.74) is 2.85. The van der Waals surface area contributed by atoms with Crippen LogP contribution in [0.3, 0.4) is 0 Å². The Labute approximate surface area is 209 Å². The van der Waals surface area contributed by atoms with Crippen LogP contribution in [-0.4, -0.2) is 41.5 Å². The summed E-state index contributed by atoms with van der Waals surface area (Å²) in [5, 5.41) is 5.68. The normalized spacial score (nSPS) is 13.1. The Bertz CT molecular complexity index is 1010. The van der Waals surface area contributed by atoms with E-state index in [0.29, 0.717) is 6.54 Å². The molecule has 0 aliphatic carbocycles. The van der Waals surface area contributed by atoms with Crippen LogP contribution in [0, 0.1) is 19.8 Å². The van der Waals surface area contributed by atoms with Crippen LogP contribution >= 0.6 is 0 Å². The van der Waals surface area contributed by atoms with Crippen molar-refractivity contribution in [2.24, 2.45) is 5.92 Å². The number of ether oxygens (including phenoxy) is 1. The fourth-order valence-corrected chi connectivity index (χ4v) is 3.94. The summed E-state index contributed by atoms with van der Waals surface area (Å²) >= 11 is 0. The van der Waals surface area contributed by atoms with Crippen LogP contribution in [0.1, 0.15) is 62.9 Å². The number of aryl methyl sites for hydroxylation is 2. The predicted molar refractivity (Wildman–Crippen MR) is 138 cm³/mol. The quantitative estimate of drug-likeness (QED) is 0.574. The van der Waals surface area contributed by atoms with Crippen LogP contribution in [0.25, 0.3) is 0 Å². The third-order valence-electron chi connectivity index (χ3n) is 5.71. The van der Waals surface area contributed by atoms with Crippen molar-refractivity contribution in [2.45, 2.75) is 72.7 Å². The number of likely N-dealkylation sites (N-methyl/N-ethyl adjacent to an activating group) is 1. The highest BCUT2D eigenvalue weighted by Crippen LogP contribution is 2.28. The molecule has 0 bridgehead atoms. The molecule has 3 amide bonds. The van der Waals surface area contributed by atoms with Gasteiger partial charge in [0.2, 0.25) is 11.8 Å². The van der Waals surface area contributed by atoms with Gasteiger partial charge in [-0.15, -0.1) is 0 Å². The first-order valence-electron chi connectivity index (χ1n) is 12.0. The van der Waals surface area contributed by atoms with Gasteiger partial charge in [-0.3, -0.25) is 9.59 Å². The Morgan fingerprint density at radius 1 is 0.943 bits per heavy atom. The zero-order valence-electron chi connectivity index (χ0n) is 22.1. The lowest BCUT2D eigenvalue weighted by Gasteiger charge is -2.34. The van der Waals surface area contributed by atoms with Crippen molar-refractivity contribution < 1.29 is 19.1 Å². The van der Waals surface area contributed by atoms with Gasteiger partial charge >= 0.3 is 6.09 Å². The molecule has 0 saturated carbocycles. The molecule has 2 atom stereocenters. The van der Waals surface area contributed by atoms with Crippen LogP contribution in [0.4, 0.5) is 4.79 Å². The summed E-state index contributed by atoms with van der Waals surface area (Å²) in [6.07, 6.45) is -0.671. The van der Waals surface area contributed by atoms with E-state index in [1.165, 1.54) is 4.90 Å². The second-order valence-corrected chi connectivity index (χ2v) is 10.2. The molecule has 2 N–H and O–H groups in total. The van der Waals surface area contributed by atoms with Gasteiger partial charge in [0.15, 0.2) is 0 Å². The highest BCUT2D eigenvalue weighted by molar-refractivity contribution is 5.92. The molecule has 2 aromatic carbocycles. The number of carbonyl (C=O) groups excluding carboxylic acids is 3. The van der Waals surface area contributed by atoms with E-state index in [2.05, 4.69) is 10.6 Å². The molecule has 2 rings (SSSR count). The monoisotopic (exact) mass is 481 g/mol. The number of hydrogen-bond acceptors (Lipinski definition) is 4. The summed E-state index contributed by atoms with van der Waals surface area (Å²) in [7, 11) is 1.60. The summed E-state index contributed by atoms with van der Waals surface area (Å²) in [5.74, 6) is -0.876. The standard InChI is InChI=1S/C28H39N3O4/c1-18(2)23(30-27(34)35-28(5,6)7)26(33)31(8)24(22-19(3)13-12-14-20(22)4)25(32)29-17-21-15-10-9-11-16-21/h9-16,18,23-24H,17H2,1-8H3,(H,29,32)(H,30,34). The number of amides is 3. The van der Waals surface area contributed by atoms with E-state index in [-0.39, 0.29) is 17.7 Å². The Morgan fingerprint density at radius 3 is 2.03 bits per heavy atom. The van der Waals surface area contributed by atoms with E-state index < -0.39 is 23.8 Å². The largest absolute Gasteiger partial charge is 0.444 e. The van der Waals surface area contributed by atoms with Crippen molar-refractivity contribution >= 4 is 17.9 Å². The molecule has 0 aliphatic heterocycles. The second-order valence-electron chi connectivity index (χ2n) is 10.2. The van der Waals surface area contributed by atoms with Crippen molar-refractivity contribution in [3.8, 4) is 0 Å². The molecule has 0 saturated heterocycles. The Balaban J connectivity index is 2.37. The third kappa shape index (κ3) is 7.84. The first-order chi connectivity index (χ1) is 16.3. The van der Waals surface area contributed by atoms with Crippen LogP contribution in [0.2, 0.25) is 0 Å². The Morgan fingerprint density at radius 2 is 1.51 bits per heavy atom.